The SMILES string of the molecule is CC1C(NCC2CCCSC2)CCN1Cc1ccccc1. The van der Waals surface area contributed by atoms with Crippen LogP contribution in [0.1, 0.15) is 31.7 Å². The maximum Gasteiger partial charge on any atom is 0.0237 e. The Morgan fingerprint density at radius 3 is 2.86 bits per heavy atom. The number of hydrogen-bond acceptors (Lipinski definition) is 3. The molecule has 2 heterocycles. The van der Waals surface area contributed by atoms with Crippen LogP contribution >= 0.6 is 11.8 Å². The van der Waals surface area contributed by atoms with E-state index in [2.05, 4.69) is 59.2 Å². The topological polar surface area (TPSA) is 15.3 Å². The van der Waals surface area contributed by atoms with Crippen molar-refractivity contribution in [1.82, 2.24) is 10.2 Å². The summed E-state index contributed by atoms with van der Waals surface area (Å²) in [7, 11) is 0. The van der Waals surface area contributed by atoms with Gasteiger partial charge in [-0.15, -0.1) is 0 Å². The minimum atomic E-state index is 0.654. The van der Waals surface area contributed by atoms with Crippen LogP contribution < -0.4 is 5.32 Å². The maximum atomic E-state index is 3.86. The highest BCUT2D eigenvalue weighted by molar-refractivity contribution is 7.99. The Bertz CT molecular complexity index is 416. The molecule has 21 heavy (non-hydrogen) atoms. The number of benzene rings is 1. The van der Waals surface area contributed by atoms with Gasteiger partial charge in [0.2, 0.25) is 0 Å². The summed E-state index contributed by atoms with van der Waals surface area (Å²) < 4.78 is 0. The third-order valence-electron chi connectivity index (χ3n) is 5.04. The molecule has 3 rings (SSSR count). The molecule has 0 radical (unpaired) electrons. The lowest BCUT2D eigenvalue weighted by molar-refractivity contribution is 0.238. The normalized spacial score (nSPS) is 30.6. The van der Waals surface area contributed by atoms with Crippen molar-refractivity contribution < 1.29 is 0 Å². The van der Waals surface area contributed by atoms with Crippen molar-refractivity contribution in [2.75, 3.05) is 24.6 Å². The van der Waals surface area contributed by atoms with Crippen LogP contribution in [0, 0.1) is 5.92 Å². The molecule has 3 heteroatoms. The molecule has 2 aliphatic heterocycles. The van der Waals surface area contributed by atoms with Crippen LogP contribution in [-0.4, -0.2) is 41.6 Å². The lowest BCUT2D eigenvalue weighted by atomic mass is 10.0. The second-order valence-electron chi connectivity index (χ2n) is 6.58. The quantitative estimate of drug-likeness (QED) is 0.898. The van der Waals surface area contributed by atoms with Gasteiger partial charge in [-0.2, -0.15) is 11.8 Å². The molecular weight excluding hydrogens is 276 g/mol. The molecule has 3 atom stereocenters. The fourth-order valence-electron chi connectivity index (χ4n) is 3.60. The van der Waals surface area contributed by atoms with Gasteiger partial charge < -0.3 is 5.32 Å². The van der Waals surface area contributed by atoms with E-state index in [9.17, 15) is 0 Å². The fraction of sp³-hybridized carbons (Fsp3) is 0.667. The predicted octanol–water partition coefficient (Wildman–Crippen LogP) is 3.38. The Morgan fingerprint density at radius 1 is 1.24 bits per heavy atom. The summed E-state index contributed by atoms with van der Waals surface area (Å²) in [5, 5.41) is 3.86. The molecule has 0 bridgehead atoms. The molecular formula is C18H28N2S. The summed E-state index contributed by atoms with van der Waals surface area (Å²) in [6.07, 6.45) is 4.14. The fourth-order valence-corrected chi connectivity index (χ4v) is 4.76. The molecule has 1 N–H and O–H groups in total. The maximum absolute atomic E-state index is 3.86. The molecule has 2 fully saturated rings. The van der Waals surface area contributed by atoms with E-state index in [0.717, 1.165) is 12.5 Å². The molecule has 2 nitrogen and oxygen atoms in total. The van der Waals surface area contributed by atoms with E-state index >= 15 is 0 Å². The first-order chi connectivity index (χ1) is 10.3. The average molecular weight is 305 g/mol. The molecule has 116 valence electrons. The molecule has 0 spiro atoms. The molecule has 2 saturated heterocycles. The highest BCUT2D eigenvalue weighted by atomic mass is 32.2. The lowest BCUT2D eigenvalue weighted by Gasteiger charge is -2.28. The molecule has 2 aliphatic rings. The molecule has 0 aromatic heterocycles. The Hall–Kier alpha value is -0.510. The zero-order valence-corrected chi connectivity index (χ0v) is 13.9. The van der Waals surface area contributed by atoms with E-state index in [-0.39, 0.29) is 0 Å². The van der Waals surface area contributed by atoms with E-state index in [4.69, 9.17) is 0 Å². The third-order valence-corrected chi connectivity index (χ3v) is 6.32. The highest BCUT2D eigenvalue weighted by Gasteiger charge is 2.30. The van der Waals surface area contributed by atoms with Crippen molar-refractivity contribution in [2.45, 2.75) is 44.8 Å². The van der Waals surface area contributed by atoms with Crippen molar-refractivity contribution in [1.29, 1.82) is 0 Å². The zero-order chi connectivity index (χ0) is 14.5. The monoisotopic (exact) mass is 304 g/mol. The molecule has 3 unspecified atom stereocenters. The summed E-state index contributed by atoms with van der Waals surface area (Å²) >= 11 is 2.14. The summed E-state index contributed by atoms with van der Waals surface area (Å²) in [4.78, 5) is 2.63. The van der Waals surface area contributed by atoms with Crippen LogP contribution in [0.4, 0.5) is 0 Å². The summed E-state index contributed by atoms with van der Waals surface area (Å²) in [6, 6.07) is 12.2. The van der Waals surface area contributed by atoms with Crippen LogP contribution in [0.15, 0.2) is 30.3 Å². The first-order valence-corrected chi connectivity index (χ1v) is 9.57. The number of thioether (sulfide) groups is 1. The van der Waals surface area contributed by atoms with Gasteiger partial charge in [0.1, 0.15) is 0 Å². The van der Waals surface area contributed by atoms with Crippen molar-refractivity contribution in [3.8, 4) is 0 Å². The zero-order valence-electron chi connectivity index (χ0n) is 13.1. The van der Waals surface area contributed by atoms with Gasteiger partial charge in [-0.25, -0.2) is 0 Å². The third kappa shape index (κ3) is 4.24. The highest BCUT2D eigenvalue weighted by Crippen LogP contribution is 2.24. The minimum Gasteiger partial charge on any atom is -0.312 e. The smallest absolute Gasteiger partial charge is 0.0237 e. The van der Waals surface area contributed by atoms with Gasteiger partial charge in [0.05, 0.1) is 0 Å². The van der Waals surface area contributed by atoms with Crippen LogP contribution in [0.5, 0.6) is 0 Å². The molecule has 1 aromatic carbocycles. The second kappa shape index (κ2) is 7.66. The van der Waals surface area contributed by atoms with Crippen LogP contribution in [-0.2, 0) is 6.54 Å². The number of nitrogens with zero attached hydrogens (tertiary/aromatic N) is 1. The number of nitrogens with one attached hydrogen (secondary N) is 1. The van der Waals surface area contributed by atoms with Gasteiger partial charge >= 0.3 is 0 Å². The van der Waals surface area contributed by atoms with Gasteiger partial charge in [-0.1, -0.05) is 30.3 Å². The van der Waals surface area contributed by atoms with E-state index in [1.54, 1.807) is 0 Å². The molecule has 1 aromatic rings. The van der Waals surface area contributed by atoms with E-state index in [1.165, 1.54) is 49.4 Å². The van der Waals surface area contributed by atoms with Gasteiger partial charge in [0.15, 0.2) is 0 Å². The Balaban J connectivity index is 1.45. The first-order valence-electron chi connectivity index (χ1n) is 8.42. The number of hydrogen-bond donors (Lipinski definition) is 1. The molecule has 0 aliphatic carbocycles. The van der Waals surface area contributed by atoms with E-state index < -0.39 is 0 Å². The van der Waals surface area contributed by atoms with E-state index in [0.29, 0.717) is 12.1 Å². The second-order valence-corrected chi connectivity index (χ2v) is 7.73. The number of likely N-dealkylation sites (tertiary alicyclic amines) is 1. The summed E-state index contributed by atoms with van der Waals surface area (Å²) in [6.45, 7) is 5.94. The molecule has 0 amide bonds. The van der Waals surface area contributed by atoms with Crippen molar-refractivity contribution in [2.24, 2.45) is 5.92 Å². The Labute approximate surface area is 133 Å². The van der Waals surface area contributed by atoms with E-state index in [1.807, 2.05) is 0 Å². The van der Waals surface area contributed by atoms with Crippen LogP contribution in [0.3, 0.4) is 0 Å². The summed E-state index contributed by atoms with van der Waals surface area (Å²) in [5.74, 6) is 3.64. The average Bonchev–Trinajstić information content (AvgIpc) is 2.88. The van der Waals surface area contributed by atoms with Gasteiger partial charge in [0, 0.05) is 25.2 Å². The van der Waals surface area contributed by atoms with Crippen LogP contribution in [0.25, 0.3) is 0 Å². The first kappa shape index (κ1) is 15.4. The van der Waals surface area contributed by atoms with Crippen LogP contribution in [0.2, 0.25) is 0 Å². The standard InChI is InChI=1S/C18H28N2S/c1-15-18(19-12-17-8-5-11-21-14-17)9-10-20(15)13-16-6-3-2-4-7-16/h2-4,6-7,15,17-19H,5,8-14H2,1H3. The molecule has 0 saturated carbocycles. The van der Waals surface area contributed by atoms with Crippen molar-refractivity contribution in [3.05, 3.63) is 35.9 Å². The van der Waals surface area contributed by atoms with Gasteiger partial charge in [-0.3, -0.25) is 4.90 Å². The van der Waals surface area contributed by atoms with Crippen molar-refractivity contribution in [3.63, 3.8) is 0 Å². The Morgan fingerprint density at radius 2 is 2.10 bits per heavy atom. The largest absolute Gasteiger partial charge is 0.312 e. The minimum absolute atomic E-state index is 0.654. The van der Waals surface area contributed by atoms with Gasteiger partial charge in [0.25, 0.3) is 0 Å². The Kier molecular flexibility index (Phi) is 5.61. The predicted molar refractivity (Wildman–Crippen MR) is 92.8 cm³/mol. The lowest BCUT2D eigenvalue weighted by Crippen LogP contribution is -2.42. The van der Waals surface area contributed by atoms with Crippen molar-refractivity contribution >= 4 is 11.8 Å². The number of rotatable bonds is 5. The van der Waals surface area contributed by atoms with Gasteiger partial charge in [-0.05, 0) is 55.7 Å². The summed E-state index contributed by atoms with van der Waals surface area (Å²) in [5.41, 5.74) is 1.44.